The Bertz CT molecular complexity index is 984. The van der Waals surface area contributed by atoms with Crippen LogP contribution >= 0.6 is 11.5 Å². The molecule has 2 aromatic heterocycles. The summed E-state index contributed by atoms with van der Waals surface area (Å²) in [6.45, 7) is 7.63. The Morgan fingerprint density at radius 2 is 1.97 bits per heavy atom. The lowest BCUT2D eigenvalue weighted by Crippen LogP contribution is -2.49. The van der Waals surface area contributed by atoms with Crippen LogP contribution in [0.5, 0.6) is 0 Å². The minimum Gasteiger partial charge on any atom is -0.349 e. The molecule has 0 fully saturated rings. The van der Waals surface area contributed by atoms with Crippen molar-refractivity contribution >= 4 is 29.0 Å². The van der Waals surface area contributed by atoms with Gasteiger partial charge in [-0.25, -0.2) is 0 Å². The zero-order chi connectivity index (χ0) is 21.0. The number of benzene rings is 1. The molecular formula is C21H23N5O2S. The summed E-state index contributed by atoms with van der Waals surface area (Å²) in [4.78, 5) is 32.4. The van der Waals surface area contributed by atoms with Crippen molar-refractivity contribution in [2.24, 2.45) is 0 Å². The summed E-state index contributed by atoms with van der Waals surface area (Å²) in [6.07, 6.45) is 3.23. The van der Waals surface area contributed by atoms with Gasteiger partial charge in [0.15, 0.2) is 5.69 Å². The lowest BCUT2D eigenvalue weighted by atomic mass is 10.0. The smallest absolute Gasteiger partial charge is 0.280 e. The lowest BCUT2D eigenvalue weighted by Gasteiger charge is -2.33. The summed E-state index contributed by atoms with van der Waals surface area (Å²) in [5.74, 6) is -0.703. The molecule has 150 valence electrons. The van der Waals surface area contributed by atoms with Crippen LogP contribution in [0.25, 0.3) is 0 Å². The third-order valence-corrected chi connectivity index (χ3v) is 4.59. The molecule has 0 saturated heterocycles. The first kappa shape index (κ1) is 20.6. The van der Waals surface area contributed by atoms with Gasteiger partial charge < -0.3 is 5.32 Å². The van der Waals surface area contributed by atoms with Gasteiger partial charge in [0.25, 0.3) is 5.91 Å². The molecule has 0 aliphatic heterocycles. The Morgan fingerprint density at radius 3 is 2.55 bits per heavy atom. The second-order valence-corrected chi connectivity index (χ2v) is 8.34. The fourth-order valence-corrected chi connectivity index (χ4v) is 3.37. The Kier molecular flexibility index (Phi) is 6.03. The summed E-state index contributed by atoms with van der Waals surface area (Å²) in [6, 6.07) is 10.1. The molecule has 0 unspecified atom stereocenters. The molecule has 3 aromatic rings. The molecule has 0 aliphatic rings. The lowest BCUT2D eigenvalue weighted by molar-refractivity contribution is -0.123. The van der Waals surface area contributed by atoms with Crippen LogP contribution in [0.15, 0.2) is 54.2 Å². The highest BCUT2D eigenvalue weighted by molar-refractivity contribution is 7.03. The monoisotopic (exact) mass is 409 g/mol. The molecule has 1 atom stereocenters. The molecule has 0 bridgehead atoms. The standard InChI is InChI=1S/C21H23N5O2S/c1-14-7-5-9-16(11-14)26(20(28)17-13-29-25-24-17)18(15-8-6-10-22-12-15)19(27)23-21(2,3)4/h5-13,18H,1-4H3,(H,23,27)/t18-/m1/s1. The first-order chi connectivity index (χ1) is 13.8. The number of nitrogens with one attached hydrogen (secondary N) is 1. The van der Waals surface area contributed by atoms with Crippen LogP contribution in [0.2, 0.25) is 0 Å². The second-order valence-electron chi connectivity index (χ2n) is 7.73. The summed E-state index contributed by atoms with van der Waals surface area (Å²) < 4.78 is 3.80. The molecule has 1 aromatic carbocycles. The van der Waals surface area contributed by atoms with Crippen LogP contribution in [-0.4, -0.2) is 31.9 Å². The molecule has 0 radical (unpaired) electrons. The average Bonchev–Trinajstić information content (AvgIpc) is 3.19. The number of pyridine rings is 1. The van der Waals surface area contributed by atoms with Crippen LogP contribution in [0, 0.1) is 6.92 Å². The van der Waals surface area contributed by atoms with Crippen LogP contribution in [0.4, 0.5) is 5.69 Å². The van der Waals surface area contributed by atoms with E-state index in [1.54, 1.807) is 36.0 Å². The summed E-state index contributed by atoms with van der Waals surface area (Å²) in [5.41, 5.74) is 1.89. The minimum atomic E-state index is -0.918. The predicted molar refractivity (Wildman–Crippen MR) is 113 cm³/mol. The van der Waals surface area contributed by atoms with Crippen LogP contribution < -0.4 is 10.2 Å². The first-order valence-corrected chi connectivity index (χ1v) is 9.99. The van der Waals surface area contributed by atoms with Crippen molar-refractivity contribution in [3.05, 3.63) is 71.0 Å². The Hall–Kier alpha value is -3.13. The number of carbonyl (C=O) groups excluding carboxylic acids is 2. The zero-order valence-corrected chi connectivity index (χ0v) is 17.6. The van der Waals surface area contributed by atoms with Crippen molar-refractivity contribution in [3.8, 4) is 0 Å². The van der Waals surface area contributed by atoms with Gasteiger partial charge in [-0.1, -0.05) is 22.7 Å². The number of aromatic nitrogens is 3. The SMILES string of the molecule is Cc1cccc(N(C(=O)c2csnn2)[C@@H](C(=O)NC(C)(C)C)c2cccnc2)c1. The Labute approximate surface area is 174 Å². The second kappa shape index (κ2) is 8.48. The average molecular weight is 410 g/mol. The van der Waals surface area contributed by atoms with Gasteiger partial charge >= 0.3 is 0 Å². The quantitative estimate of drug-likeness (QED) is 0.696. The maximum atomic E-state index is 13.4. The Morgan fingerprint density at radius 1 is 1.17 bits per heavy atom. The van der Waals surface area contributed by atoms with Gasteiger partial charge in [-0.05, 0) is 63.0 Å². The fraction of sp³-hybridized carbons (Fsp3) is 0.286. The molecule has 0 aliphatic carbocycles. The number of nitrogens with zero attached hydrogens (tertiary/aromatic N) is 4. The molecular weight excluding hydrogens is 386 g/mol. The fourth-order valence-electron chi connectivity index (χ4n) is 2.94. The zero-order valence-electron chi connectivity index (χ0n) is 16.8. The van der Waals surface area contributed by atoms with Crippen LogP contribution in [0.1, 0.15) is 48.4 Å². The van der Waals surface area contributed by atoms with E-state index < -0.39 is 17.5 Å². The van der Waals surface area contributed by atoms with E-state index >= 15 is 0 Å². The number of carbonyl (C=O) groups is 2. The molecule has 29 heavy (non-hydrogen) atoms. The highest BCUT2D eigenvalue weighted by Gasteiger charge is 2.36. The largest absolute Gasteiger partial charge is 0.349 e. The summed E-state index contributed by atoms with van der Waals surface area (Å²) >= 11 is 1.09. The number of anilines is 1. The van der Waals surface area contributed by atoms with Crippen molar-refractivity contribution in [1.82, 2.24) is 19.9 Å². The van der Waals surface area contributed by atoms with Gasteiger partial charge in [-0.3, -0.25) is 19.5 Å². The van der Waals surface area contributed by atoms with Gasteiger partial charge in [0.1, 0.15) is 6.04 Å². The van der Waals surface area contributed by atoms with Gasteiger partial charge in [0.05, 0.1) is 0 Å². The molecule has 3 rings (SSSR count). The Balaban J connectivity index is 2.16. The molecule has 0 saturated carbocycles. The van der Waals surface area contributed by atoms with Crippen molar-refractivity contribution in [3.63, 3.8) is 0 Å². The van der Waals surface area contributed by atoms with Gasteiger partial charge in [-0.2, -0.15) is 0 Å². The third kappa shape index (κ3) is 5.03. The van der Waals surface area contributed by atoms with E-state index in [1.165, 1.54) is 4.90 Å². The van der Waals surface area contributed by atoms with E-state index in [-0.39, 0.29) is 11.6 Å². The molecule has 7 nitrogen and oxygen atoms in total. The number of rotatable bonds is 5. The normalized spacial score (nSPS) is 12.3. The molecule has 8 heteroatoms. The van der Waals surface area contributed by atoms with E-state index in [9.17, 15) is 9.59 Å². The van der Waals surface area contributed by atoms with Gasteiger partial charge in [-0.15, -0.1) is 5.10 Å². The van der Waals surface area contributed by atoms with E-state index in [2.05, 4.69) is 19.9 Å². The van der Waals surface area contributed by atoms with Crippen molar-refractivity contribution in [2.45, 2.75) is 39.3 Å². The third-order valence-electron chi connectivity index (χ3n) is 4.08. The number of amides is 2. The van der Waals surface area contributed by atoms with Gasteiger partial charge in [0, 0.05) is 34.6 Å². The highest BCUT2D eigenvalue weighted by Crippen LogP contribution is 2.30. The minimum absolute atomic E-state index is 0.189. The van der Waals surface area contributed by atoms with Crippen molar-refractivity contribution < 1.29 is 9.59 Å². The van der Waals surface area contributed by atoms with E-state index in [0.717, 1.165) is 17.1 Å². The molecule has 1 N–H and O–H groups in total. The van der Waals surface area contributed by atoms with Crippen molar-refractivity contribution in [1.29, 1.82) is 0 Å². The van der Waals surface area contributed by atoms with Crippen LogP contribution in [0.3, 0.4) is 0 Å². The summed E-state index contributed by atoms with van der Waals surface area (Å²) in [7, 11) is 0. The van der Waals surface area contributed by atoms with Crippen LogP contribution in [-0.2, 0) is 4.79 Å². The number of hydrogen-bond acceptors (Lipinski definition) is 6. The highest BCUT2D eigenvalue weighted by atomic mass is 32.1. The number of aryl methyl sites for hydroxylation is 1. The maximum Gasteiger partial charge on any atom is 0.280 e. The van der Waals surface area contributed by atoms with Crippen molar-refractivity contribution in [2.75, 3.05) is 4.90 Å². The molecule has 0 spiro atoms. The van der Waals surface area contributed by atoms with E-state index in [0.29, 0.717) is 11.3 Å². The van der Waals surface area contributed by atoms with E-state index in [1.807, 2.05) is 45.9 Å². The molecule has 2 heterocycles. The molecule has 2 amide bonds. The van der Waals surface area contributed by atoms with E-state index in [4.69, 9.17) is 0 Å². The maximum absolute atomic E-state index is 13.4. The number of hydrogen-bond donors (Lipinski definition) is 1. The van der Waals surface area contributed by atoms with Gasteiger partial charge in [0.2, 0.25) is 5.91 Å². The summed E-state index contributed by atoms with van der Waals surface area (Å²) in [5, 5.41) is 8.49. The topological polar surface area (TPSA) is 88.1 Å². The predicted octanol–water partition coefficient (Wildman–Crippen LogP) is 3.54. The first-order valence-electron chi connectivity index (χ1n) is 9.15.